The number of carbonyl (C=O) groups excluding carboxylic acids is 3. The molecule has 1 fully saturated rings. The molecule has 0 radical (unpaired) electrons. The van der Waals surface area contributed by atoms with Gasteiger partial charge in [0.2, 0.25) is 5.91 Å². The van der Waals surface area contributed by atoms with Crippen molar-refractivity contribution in [2.75, 3.05) is 19.0 Å². The average Bonchev–Trinajstić information content (AvgIpc) is 2.90. The second kappa shape index (κ2) is 8.24. The van der Waals surface area contributed by atoms with Crippen LogP contribution in [0.4, 0.5) is 10.5 Å². The van der Waals surface area contributed by atoms with Crippen molar-refractivity contribution in [1.29, 1.82) is 0 Å². The maximum Gasteiger partial charge on any atom is 0.294 e. The van der Waals surface area contributed by atoms with Crippen molar-refractivity contribution in [2.24, 2.45) is 0 Å². The first kappa shape index (κ1) is 18.9. The van der Waals surface area contributed by atoms with Gasteiger partial charge in [-0.2, -0.15) is 0 Å². The lowest BCUT2D eigenvalue weighted by Gasteiger charge is -2.13. The summed E-state index contributed by atoms with van der Waals surface area (Å²) >= 11 is 6.79. The maximum absolute atomic E-state index is 12.4. The smallest absolute Gasteiger partial charge is 0.294 e. The van der Waals surface area contributed by atoms with Crippen LogP contribution in [0.1, 0.15) is 5.69 Å². The first-order valence-corrected chi connectivity index (χ1v) is 8.97. The van der Waals surface area contributed by atoms with Crippen molar-refractivity contribution in [2.45, 2.75) is 0 Å². The Kier molecular flexibility index (Phi) is 5.78. The number of hydrogen-bond acceptors (Lipinski definition) is 6. The number of nitrogens with one attached hydrogen (secondary N) is 1. The molecule has 3 rings (SSSR count). The Labute approximate surface area is 164 Å². The number of anilines is 1. The number of hydrogen-bond donors (Lipinski definition) is 1. The molecule has 1 aromatic heterocycles. The van der Waals surface area contributed by atoms with Crippen molar-refractivity contribution in [3.05, 3.63) is 58.2 Å². The SMILES string of the molecule is COc1ccc(NC(=O)CN2C(=O)S/C(=C\c3ccccn3)C2=O)cc1Cl. The highest BCUT2D eigenvalue weighted by molar-refractivity contribution is 8.18. The average molecular weight is 404 g/mol. The Balaban J connectivity index is 1.67. The Hall–Kier alpha value is -2.84. The van der Waals surface area contributed by atoms with Crippen LogP contribution in [0.3, 0.4) is 0 Å². The summed E-state index contributed by atoms with van der Waals surface area (Å²) in [6.07, 6.45) is 3.11. The molecule has 7 nitrogen and oxygen atoms in total. The third-order valence-electron chi connectivity index (χ3n) is 3.58. The molecule has 1 saturated heterocycles. The van der Waals surface area contributed by atoms with Gasteiger partial charge in [0.15, 0.2) is 0 Å². The van der Waals surface area contributed by atoms with Crippen molar-refractivity contribution in [1.82, 2.24) is 9.88 Å². The van der Waals surface area contributed by atoms with Crippen LogP contribution in [0.2, 0.25) is 5.02 Å². The zero-order valence-electron chi connectivity index (χ0n) is 14.1. The molecule has 1 N–H and O–H groups in total. The molecule has 1 aliphatic rings. The molecule has 9 heteroatoms. The van der Waals surface area contributed by atoms with E-state index in [4.69, 9.17) is 16.3 Å². The van der Waals surface area contributed by atoms with Gasteiger partial charge in [0.05, 0.1) is 22.7 Å². The minimum Gasteiger partial charge on any atom is -0.495 e. The molecule has 0 unspecified atom stereocenters. The van der Waals surface area contributed by atoms with Gasteiger partial charge in [0.1, 0.15) is 12.3 Å². The van der Waals surface area contributed by atoms with E-state index in [0.717, 1.165) is 16.7 Å². The topological polar surface area (TPSA) is 88.6 Å². The van der Waals surface area contributed by atoms with Gasteiger partial charge in [-0.25, -0.2) is 0 Å². The second-order valence-corrected chi connectivity index (χ2v) is 6.82. The number of thioether (sulfide) groups is 1. The Morgan fingerprint density at radius 3 is 2.81 bits per heavy atom. The minimum absolute atomic E-state index is 0.221. The molecule has 0 spiro atoms. The van der Waals surface area contributed by atoms with Crippen LogP contribution < -0.4 is 10.1 Å². The van der Waals surface area contributed by atoms with Crippen LogP contribution in [0.5, 0.6) is 5.75 Å². The summed E-state index contributed by atoms with van der Waals surface area (Å²) in [7, 11) is 1.48. The van der Waals surface area contributed by atoms with E-state index in [1.165, 1.54) is 19.3 Å². The highest BCUT2D eigenvalue weighted by Gasteiger charge is 2.36. The zero-order valence-corrected chi connectivity index (χ0v) is 15.7. The molecule has 2 heterocycles. The van der Waals surface area contributed by atoms with Gasteiger partial charge in [0, 0.05) is 11.9 Å². The molecule has 3 amide bonds. The number of amides is 3. The van der Waals surface area contributed by atoms with E-state index < -0.39 is 23.6 Å². The summed E-state index contributed by atoms with van der Waals surface area (Å²) in [5.41, 5.74) is 0.988. The van der Waals surface area contributed by atoms with Crippen LogP contribution in [0.15, 0.2) is 47.5 Å². The fourth-order valence-electron chi connectivity index (χ4n) is 2.32. The summed E-state index contributed by atoms with van der Waals surface area (Å²) in [5.74, 6) is -0.573. The molecule has 0 saturated carbocycles. The fourth-order valence-corrected chi connectivity index (χ4v) is 3.40. The Morgan fingerprint density at radius 2 is 2.15 bits per heavy atom. The van der Waals surface area contributed by atoms with E-state index in [-0.39, 0.29) is 4.91 Å². The molecule has 2 aromatic rings. The van der Waals surface area contributed by atoms with E-state index in [2.05, 4.69) is 10.3 Å². The normalized spacial score (nSPS) is 15.3. The molecule has 0 bridgehead atoms. The van der Waals surface area contributed by atoms with E-state index in [0.29, 0.717) is 22.2 Å². The highest BCUT2D eigenvalue weighted by atomic mass is 35.5. The lowest BCUT2D eigenvalue weighted by molar-refractivity contribution is -0.127. The first-order chi connectivity index (χ1) is 13.0. The van der Waals surface area contributed by atoms with Gasteiger partial charge in [-0.15, -0.1) is 0 Å². The lowest BCUT2D eigenvalue weighted by Crippen LogP contribution is -2.36. The van der Waals surface area contributed by atoms with Gasteiger partial charge >= 0.3 is 0 Å². The largest absolute Gasteiger partial charge is 0.495 e. The minimum atomic E-state index is -0.529. The van der Waals surface area contributed by atoms with Gasteiger partial charge in [-0.1, -0.05) is 17.7 Å². The maximum atomic E-state index is 12.4. The first-order valence-electron chi connectivity index (χ1n) is 7.77. The number of benzene rings is 1. The number of pyridine rings is 1. The standard InChI is InChI=1S/C18H14ClN3O4S/c1-26-14-6-5-12(8-13(14)19)21-16(23)10-22-17(24)15(27-18(22)25)9-11-4-2-3-7-20-11/h2-9H,10H2,1H3,(H,21,23)/b15-9-. The number of rotatable bonds is 5. The molecular weight excluding hydrogens is 390 g/mol. The number of carbonyl (C=O) groups is 3. The number of imide groups is 1. The van der Waals surface area contributed by atoms with E-state index >= 15 is 0 Å². The summed E-state index contributed by atoms with van der Waals surface area (Å²) in [4.78, 5) is 41.9. The predicted octanol–water partition coefficient (Wildman–Crippen LogP) is 3.42. The van der Waals surface area contributed by atoms with Crippen LogP contribution in [0.25, 0.3) is 6.08 Å². The van der Waals surface area contributed by atoms with E-state index in [1.807, 2.05) is 0 Å². The lowest BCUT2D eigenvalue weighted by atomic mass is 10.3. The number of halogens is 1. The van der Waals surface area contributed by atoms with Gasteiger partial charge in [-0.3, -0.25) is 24.3 Å². The summed E-state index contributed by atoms with van der Waals surface area (Å²) in [6.45, 7) is -0.395. The molecule has 0 aliphatic carbocycles. The molecular formula is C18H14ClN3O4S. The highest BCUT2D eigenvalue weighted by Crippen LogP contribution is 2.32. The number of nitrogens with zero attached hydrogens (tertiary/aromatic N) is 2. The third kappa shape index (κ3) is 4.47. The second-order valence-electron chi connectivity index (χ2n) is 5.42. The summed E-state index contributed by atoms with van der Waals surface area (Å²) < 4.78 is 5.05. The molecule has 1 aliphatic heterocycles. The van der Waals surface area contributed by atoms with Crippen molar-refractivity contribution in [3.63, 3.8) is 0 Å². The zero-order chi connectivity index (χ0) is 19.4. The van der Waals surface area contributed by atoms with Gasteiger partial charge < -0.3 is 10.1 Å². The fraction of sp³-hybridized carbons (Fsp3) is 0.111. The van der Waals surface area contributed by atoms with E-state index in [9.17, 15) is 14.4 Å². The molecule has 138 valence electrons. The van der Waals surface area contributed by atoms with Crippen LogP contribution in [-0.4, -0.2) is 40.6 Å². The van der Waals surface area contributed by atoms with Crippen molar-refractivity contribution in [3.8, 4) is 5.75 Å². The third-order valence-corrected chi connectivity index (χ3v) is 4.78. The number of aromatic nitrogens is 1. The van der Waals surface area contributed by atoms with Crippen LogP contribution in [-0.2, 0) is 9.59 Å². The summed E-state index contributed by atoms with van der Waals surface area (Å²) in [6, 6.07) is 9.97. The van der Waals surface area contributed by atoms with Gasteiger partial charge in [0.25, 0.3) is 11.1 Å². The number of ether oxygens (including phenoxy) is 1. The van der Waals surface area contributed by atoms with Gasteiger partial charge in [-0.05, 0) is 48.2 Å². The molecule has 27 heavy (non-hydrogen) atoms. The van der Waals surface area contributed by atoms with E-state index in [1.54, 1.807) is 36.5 Å². The molecule has 0 atom stereocenters. The number of methoxy groups -OCH3 is 1. The summed E-state index contributed by atoms with van der Waals surface area (Å²) in [5, 5.41) is 2.42. The van der Waals surface area contributed by atoms with Crippen LogP contribution in [0, 0.1) is 0 Å². The van der Waals surface area contributed by atoms with Crippen molar-refractivity contribution < 1.29 is 19.1 Å². The van der Waals surface area contributed by atoms with Crippen molar-refractivity contribution >= 4 is 52.2 Å². The predicted molar refractivity (Wildman–Crippen MR) is 104 cm³/mol. The Bertz CT molecular complexity index is 933. The van der Waals surface area contributed by atoms with Crippen LogP contribution >= 0.6 is 23.4 Å². The molecule has 1 aromatic carbocycles. The quantitative estimate of drug-likeness (QED) is 0.769. The Morgan fingerprint density at radius 1 is 1.33 bits per heavy atom. The monoisotopic (exact) mass is 403 g/mol.